The summed E-state index contributed by atoms with van der Waals surface area (Å²) in [5.41, 5.74) is 7.84. The molecule has 0 radical (unpaired) electrons. The Kier molecular flexibility index (Phi) is 9.27. The van der Waals surface area contributed by atoms with Crippen LogP contribution in [0.4, 0.5) is 4.79 Å². The van der Waals surface area contributed by atoms with E-state index in [-0.39, 0.29) is 31.8 Å². The van der Waals surface area contributed by atoms with Crippen molar-refractivity contribution in [2.45, 2.75) is 44.6 Å². The lowest BCUT2D eigenvalue weighted by Crippen LogP contribution is -2.42. The minimum Gasteiger partial charge on any atom is -0.489 e. The summed E-state index contributed by atoms with van der Waals surface area (Å²) in [5, 5.41) is 0. The number of amides is 1. The first-order chi connectivity index (χ1) is 22.0. The Bertz CT molecular complexity index is 1600. The summed E-state index contributed by atoms with van der Waals surface area (Å²) < 4.78 is 23.3. The van der Waals surface area contributed by atoms with Crippen molar-refractivity contribution in [2.75, 3.05) is 19.8 Å². The zero-order chi connectivity index (χ0) is 31.2. The number of hydrogen-bond acceptors (Lipinski definition) is 6. The van der Waals surface area contributed by atoms with Crippen molar-refractivity contribution >= 4 is 12.1 Å². The average Bonchev–Trinajstić information content (AvgIpc) is 3.65. The van der Waals surface area contributed by atoms with E-state index in [2.05, 4.69) is 62.0 Å². The summed E-state index contributed by atoms with van der Waals surface area (Å²) in [6.07, 6.45) is 0.910. The Hall–Kier alpha value is -4.88. The Labute approximate surface area is 264 Å². The molecule has 0 aromatic heterocycles. The van der Waals surface area contributed by atoms with Gasteiger partial charge in [-0.25, -0.2) is 9.59 Å². The van der Waals surface area contributed by atoms with Gasteiger partial charge in [0.2, 0.25) is 0 Å². The van der Waals surface area contributed by atoms with Crippen LogP contribution < -0.4 is 4.74 Å². The molecule has 7 nitrogen and oxygen atoms in total. The number of nitrogens with zero attached hydrogens (tertiary/aromatic N) is 1. The van der Waals surface area contributed by atoms with Crippen molar-refractivity contribution in [1.82, 2.24) is 4.90 Å². The quantitative estimate of drug-likeness (QED) is 0.133. The molecule has 0 saturated carbocycles. The number of fused-ring (bicyclic) bond motifs is 3. The molecule has 1 aliphatic carbocycles. The maximum Gasteiger partial charge on any atom is 0.410 e. The number of carbonyl (C=O) groups excluding carboxylic acids is 2. The highest BCUT2D eigenvalue weighted by Crippen LogP contribution is 2.44. The number of hydrogen-bond donors (Lipinski definition) is 0. The van der Waals surface area contributed by atoms with Crippen LogP contribution in [0.2, 0.25) is 0 Å². The Balaban J connectivity index is 1.06. The number of rotatable bonds is 11. The first kappa shape index (κ1) is 30.2. The minimum atomic E-state index is -0.803. The third-order valence-corrected chi connectivity index (χ3v) is 8.38. The zero-order valence-corrected chi connectivity index (χ0v) is 25.4. The van der Waals surface area contributed by atoms with Crippen LogP contribution in [0.15, 0.2) is 110 Å². The first-order valence-corrected chi connectivity index (χ1v) is 15.3. The second-order valence-corrected chi connectivity index (χ2v) is 11.5. The fourth-order valence-corrected chi connectivity index (χ4v) is 6.00. The predicted octanol–water partition coefficient (Wildman–Crippen LogP) is 7.21. The van der Waals surface area contributed by atoms with Crippen LogP contribution >= 0.6 is 0 Å². The van der Waals surface area contributed by atoms with Crippen molar-refractivity contribution in [3.63, 3.8) is 0 Å². The van der Waals surface area contributed by atoms with Crippen LogP contribution in [0.1, 0.15) is 40.2 Å². The molecule has 4 aromatic carbocycles. The van der Waals surface area contributed by atoms with E-state index in [0.29, 0.717) is 19.6 Å². The van der Waals surface area contributed by atoms with Crippen molar-refractivity contribution < 1.29 is 28.5 Å². The highest BCUT2D eigenvalue weighted by atomic mass is 16.6. The Morgan fingerprint density at radius 1 is 0.822 bits per heavy atom. The third kappa shape index (κ3) is 6.94. The van der Waals surface area contributed by atoms with Crippen LogP contribution in [-0.4, -0.2) is 48.9 Å². The van der Waals surface area contributed by atoms with Gasteiger partial charge in [-0.15, -0.1) is 0 Å². The molecule has 230 valence electrons. The third-order valence-electron chi connectivity index (χ3n) is 8.38. The molecule has 2 atom stereocenters. The van der Waals surface area contributed by atoms with Gasteiger partial charge in [-0.1, -0.05) is 103 Å². The molecule has 0 N–H and O–H groups in total. The molecule has 1 saturated heterocycles. The van der Waals surface area contributed by atoms with Gasteiger partial charge in [0.1, 0.15) is 31.6 Å². The first-order valence-electron chi connectivity index (χ1n) is 15.3. The summed E-state index contributed by atoms with van der Waals surface area (Å²) in [6.45, 7) is 6.96. The van der Waals surface area contributed by atoms with Crippen molar-refractivity contribution in [1.29, 1.82) is 0 Å². The monoisotopic (exact) mass is 603 g/mol. The number of ether oxygens (including phenoxy) is 4. The lowest BCUT2D eigenvalue weighted by atomic mass is 9.98. The topological polar surface area (TPSA) is 74.3 Å². The molecule has 6 rings (SSSR count). The van der Waals surface area contributed by atoms with Crippen molar-refractivity contribution in [3.8, 4) is 16.9 Å². The molecular weight excluding hydrogens is 566 g/mol. The van der Waals surface area contributed by atoms with Crippen LogP contribution in [-0.2, 0) is 32.2 Å². The fourth-order valence-electron chi connectivity index (χ4n) is 6.00. The molecule has 0 bridgehead atoms. The van der Waals surface area contributed by atoms with Crippen LogP contribution in [0, 0.1) is 6.92 Å². The van der Waals surface area contributed by atoms with E-state index in [1.165, 1.54) is 16.5 Å². The smallest absolute Gasteiger partial charge is 0.410 e. The number of esters is 1. The fraction of sp³-hybridized carbons (Fsp3) is 0.263. The number of benzene rings is 4. The molecule has 1 aliphatic heterocycles. The second kappa shape index (κ2) is 13.8. The molecular formula is C38H37NO6. The summed E-state index contributed by atoms with van der Waals surface area (Å²) in [6, 6.07) is 31.6. The highest BCUT2D eigenvalue weighted by molar-refractivity contribution is 5.83. The summed E-state index contributed by atoms with van der Waals surface area (Å²) in [5.74, 6) is 0.197. The predicted molar refractivity (Wildman–Crippen MR) is 172 cm³/mol. The number of carbonyl (C=O) groups is 2. The molecule has 4 aromatic rings. The van der Waals surface area contributed by atoms with Crippen molar-refractivity contribution in [2.24, 2.45) is 0 Å². The molecule has 1 fully saturated rings. The minimum absolute atomic E-state index is 0.0672. The van der Waals surface area contributed by atoms with Gasteiger partial charge in [0, 0.05) is 12.3 Å². The SMILES string of the molecule is C=CCOC(=O)C1C[C@@H](OCc2ccc(OCc3ccc(C)cc3)cc2)CN1C(=O)OCC1c2ccccc2-c2ccccc21. The molecule has 0 spiro atoms. The van der Waals surface area contributed by atoms with Gasteiger partial charge >= 0.3 is 12.1 Å². The summed E-state index contributed by atoms with van der Waals surface area (Å²) >= 11 is 0. The zero-order valence-electron chi connectivity index (χ0n) is 25.4. The van der Waals surface area contributed by atoms with Crippen molar-refractivity contribution in [3.05, 3.63) is 138 Å². The molecule has 1 unspecified atom stereocenters. The summed E-state index contributed by atoms with van der Waals surface area (Å²) in [4.78, 5) is 27.9. The maximum absolute atomic E-state index is 13.5. The molecule has 1 heterocycles. The Morgan fingerprint density at radius 2 is 1.44 bits per heavy atom. The highest BCUT2D eigenvalue weighted by Gasteiger charge is 2.42. The maximum atomic E-state index is 13.5. The summed E-state index contributed by atoms with van der Waals surface area (Å²) in [7, 11) is 0. The lowest BCUT2D eigenvalue weighted by molar-refractivity contribution is -0.147. The van der Waals surface area contributed by atoms with E-state index < -0.39 is 18.1 Å². The second-order valence-electron chi connectivity index (χ2n) is 11.5. The standard InChI is InChI=1S/C38H37NO6/c1-3-20-42-37(40)36-21-30(44-24-28-16-18-29(19-17-28)43-23-27-14-12-26(2)13-15-27)22-39(36)38(41)45-25-35-33-10-6-4-8-31(33)32-9-5-7-11-34(32)35/h3-19,30,35-36H,1,20-25H2,2H3/t30-,36?/m1/s1. The van der Waals surface area contributed by atoms with E-state index in [9.17, 15) is 9.59 Å². The number of aryl methyl sites for hydroxylation is 1. The van der Waals surface area contributed by atoms with Gasteiger partial charge < -0.3 is 18.9 Å². The Morgan fingerprint density at radius 3 is 2.11 bits per heavy atom. The largest absolute Gasteiger partial charge is 0.489 e. The van der Waals surface area contributed by atoms with E-state index in [1.54, 1.807) is 0 Å². The van der Waals surface area contributed by atoms with Gasteiger partial charge in [0.25, 0.3) is 0 Å². The lowest BCUT2D eigenvalue weighted by Gasteiger charge is -2.23. The van der Waals surface area contributed by atoms with Gasteiger partial charge in [-0.05, 0) is 52.4 Å². The number of likely N-dealkylation sites (tertiary alicyclic amines) is 1. The van der Waals surface area contributed by atoms with E-state index in [0.717, 1.165) is 39.1 Å². The van der Waals surface area contributed by atoms with Crippen LogP contribution in [0.25, 0.3) is 11.1 Å². The molecule has 45 heavy (non-hydrogen) atoms. The molecule has 7 heteroatoms. The van der Waals surface area contributed by atoms with Gasteiger partial charge in [0.05, 0.1) is 19.3 Å². The van der Waals surface area contributed by atoms with Gasteiger partial charge in [0.15, 0.2) is 0 Å². The van der Waals surface area contributed by atoms with E-state index >= 15 is 0 Å². The normalized spacial score (nSPS) is 17.0. The van der Waals surface area contributed by atoms with Crippen LogP contribution in [0.3, 0.4) is 0 Å². The molecule has 1 amide bonds. The molecule has 2 aliphatic rings. The average molecular weight is 604 g/mol. The van der Waals surface area contributed by atoms with Gasteiger partial charge in [-0.2, -0.15) is 0 Å². The van der Waals surface area contributed by atoms with E-state index in [1.807, 2.05) is 48.5 Å². The van der Waals surface area contributed by atoms with Gasteiger partial charge in [-0.3, -0.25) is 4.90 Å². The van der Waals surface area contributed by atoms with E-state index in [4.69, 9.17) is 18.9 Å². The van der Waals surface area contributed by atoms with Crippen LogP contribution in [0.5, 0.6) is 5.75 Å².